The zero-order valence-electron chi connectivity index (χ0n) is 16.5. The van der Waals surface area contributed by atoms with Crippen LogP contribution in [0.4, 0.5) is 0 Å². The third-order valence-electron chi connectivity index (χ3n) is 6.19. The third kappa shape index (κ3) is 3.49. The van der Waals surface area contributed by atoms with Gasteiger partial charge in [-0.05, 0) is 18.4 Å². The van der Waals surface area contributed by atoms with Gasteiger partial charge >= 0.3 is 0 Å². The van der Waals surface area contributed by atoms with E-state index in [1.54, 1.807) is 17.5 Å². The van der Waals surface area contributed by atoms with Gasteiger partial charge in [0.1, 0.15) is 5.01 Å². The molecule has 2 aliphatic rings. The van der Waals surface area contributed by atoms with Crippen LogP contribution in [0.2, 0.25) is 0 Å². The predicted molar refractivity (Wildman–Crippen MR) is 112 cm³/mol. The molecule has 6 nitrogen and oxygen atoms in total. The lowest BCUT2D eigenvalue weighted by atomic mass is 9.89. The number of likely N-dealkylation sites (tertiary alicyclic amines) is 2. The zero-order chi connectivity index (χ0) is 19.8. The Morgan fingerprint density at radius 2 is 2.07 bits per heavy atom. The van der Waals surface area contributed by atoms with Gasteiger partial charge < -0.3 is 4.90 Å². The smallest absolute Gasteiger partial charge is 0.257 e. The fourth-order valence-electron chi connectivity index (χ4n) is 4.89. The van der Waals surface area contributed by atoms with Gasteiger partial charge in [0.2, 0.25) is 0 Å². The van der Waals surface area contributed by atoms with Gasteiger partial charge in [0, 0.05) is 49.9 Å². The van der Waals surface area contributed by atoms with E-state index in [4.69, 9.17) is 0 Å². The van der Waals surface area contributed by atoms with E-state index in [9.17, 15) is 4.79 Å². The van der Waals surface area contributed by atoms with E-state index in [1.165, 1.54) is 10.6 Å². The van der Waals surface area contributed by atoms with Gasteiger partial charge in [-0.2, -0.15) is 5.10 Å². The minimum absolute atomic E-state index is 0.0967. The Hall–Kier alpha value is -2.51. The number of carbonyl (C=O) groups excluding carboxylic acids is 1. The number of hydrogen-bond acceptors (Lipinski definition) is 5. The summed E-state index contributed by atoms with van der Waals surface area (Å²) in [6, 6.07) is 10.6. The number of rotatable bonds is 5. The van der Waals surface area contributed by atoms with Gasteiger partial charge in [0.15, 0.2) is 0 Å². The molecule has 0 bridgehead atoms. The second-order valence-corrected chi connectivity index (χ2v) is 8.92. The molecular formula is C22H25N5OS. The minimum Gasteiger partial charge on any atom is -0.331 e. The summed E-state index contributed by atoms with van der Waals surface area (Å²) < 4.78 is 1.82. The molecule has 2 fully saturated rings. The molecule has 0 saturated carbocycles. The molecule has 2 aromatic heterocycles. The number of nitrogens with zero attached hydrogens (tertiary/aromatic N) is 5. The van der Waals surface area contributed by atoms with E-state index in [0.29, 0.717) is 17.4 Å². The van der Waals surface area contributed by atoms with Gasteiger partial charge in [-0.1, -0.05) is 30.3 Å². The lowest BCUT2D eigenvalue weighted by Crippen LogP contribution is -2.35. The summed E-state index contributed by atoms with van der Waals surface area (Å²) in [5, 5.41) is 7.51. The second kappa shape index (κ2) is 7.72. The number of benzene rings is 1. The van der Waals surface area contributed by atoms with Crippen molar-refractivity contribution in [2.24, 2.45) is 11.8 Å². The Labute approximate surface area is 174 Å². The monoisotopic (exact) mass is 407 g/mol. The van der Waals surface area contributed by atoms with E-state index in [1.807, 2.05) is 35.4 Å². The number of amides is 1. The molecule has 5 rings (SSSR count). The van der Waals surface area contributed by atoms with Crippen LogP contribution in [0.15, 0.2) is 54.3 Å². The number of hydrogen-bond donors (Lipinski definition) is 0. The first-order valence-electron chi connectivity index (χ1n) is 10.2. The fourth-order valence-corrected chi connectivity index (χ4v) is 5.55. The first kappa shape index (κ1) is 18.5. The van der Waals surface area contributed by atoms with Gasteiger partial charge in [-0.3, -0.25) is 14.4 Å². The molecule has 0 spiro atoms. The molecule has 0 aliphatic carbocycles. The molecule has 7 heteroatoms. The van der Waals surface area contributed by atoms with Crippen LogP contribution in [0, 0.1) is 11.8 Å². The van der Waals surface area contributed by atoms with E-state index >= 15 is 0 Å². The lowest BCUT2D eigenvalue weighted by Gasteiger charge is -2.29. The summed E-state index contributed by atoms with van der Waals surface area (Å²) >= 11 is 1.72. The Balaban J connectivity index is 1.41. The maximum Gasteiger partial charge on any atom is 0.257 e. The molecule has 4 heterocycles. The topological polar surface area (TPSA) is 54.3 Å². The van der Waals surface area contributed by atoms with Gasteiger partial charge in [0.25, 0.3) is 5.91 Å². The van der Waals surface area contributed by atoms with E-state index in [-0.39, 0.29) is 11.9 Å². The molecule has 3 atom stereocenters. The van der Waals surface area contributed by atoms with Crippen molar-refractivity contribution in [2.45, 2.75) is 26.1 Å². The standard InChI is InChI=1S/C22H25N5OS/c1-2-26-12-17(10-24-26)22(28)27-13-18-11-25(15-20-23-8-9-29-20)14-19(18)21(27)16-6-4-3-5-7-16/h3-10,12,18-19,21H,2,11,13-15H2,1H3/t18-,19-,21+/m0/s1. The molecule has 2 saturated heterocycles. The Bertz CT molecular complexity index is 970. The molecule has 0 N–H and O–H groups in total. The van der Waals surface area contributed by atoms with Crippen molar-refractivity contribution in [3.05, 3.63) is 70.4 Å². The molecule has 1 aromatic carbocycles. The summed E-state index contributed by atoms with van der Waals surface area (Å²) in [7, 11) is 0. The van der Waals surface area contributed by atoms with Crippen molar-refractivity contribution in [1.82, 2.24) is 24.6 Å². The number of aromatic nitrogens is 3. The second-order valence-electron chi connectivity index (χ2n) is 7.94. The highest BCUT2D eigenvalue weighted by molar-refractivity contribution is 7.09. The maximum absolute atomic E-state index is 13.4. The first-order valence-corrected chi connectivity index (χ1v) is 11.1. The van der Waals surface area contributed by atoms with Crippen molar-refractivity contribution in [3.8, 4) is 0 Å². The third-order valence-corrected chi connectivity index (χ3v) is 6.95. The van der Waals surface area contributed by atoms with Crippen LogP contribution in [0.5, 0.6) is 0 Å². The average molecular weight is 408 g/mol. The SMILES string of the molecule is CCn1cc(C(=O)N2C[C@@H]3CN(Cc4nccs4)C[C@@H]3[C@H]2c2ccccc2)cn1. The molecule has 3 aromatic rings. The van der Waals surface area contributed by atoms with Crippen LogP contribution in [-0.2, 0) is 13.1 Å². The highest BCUT2D eigenvalue weighted by atomic mass is 32.1. The lowest BCUT2D eigenvalue weighted by molar-refractivity contribution is 0.0699. The van der Waals surface area contributed by atoms with Crippen molar-refractivity contribution < 1.29 is 4.79 Å². The molecule has 0 radical (unpaired) electrons. The maximum atomic E-state index is 13.4. The van der Waals surface area contributed by atoms with Crippen molar-refractivity contribution >= 4 is 17.2 Å². The number of fused-ring (bicyclic) bond motifs is 1. The van der Waals surface area contributed by atoms with Crippen molar-refractivity contribution in [1.29, 1.82) is 0 Å². The quantitative estimate of drug-likeness (QED) is 0.651. The Morgan fingerprint density at radius 3 is 2.79 bits per heavy atom. The highest BCUT2D eigenvalue weighted by Crippen LogP contribution is 2.45. The van der Waals surface area contributed by atoms with Crippen LogP contribution in [0.3, 0.4) is 0 Å². The van der Waals surface area contributed by atoms with Crippen molar-refractivity contribution in [3.63, 3.8) is 0 Å². The summed E-state index contributed by atoms with van der Waals surface area (Å²) in [5.41, 5.74) is 1.92. The van der Waals surface area contributed by atoms with Crippen molar-refractivity contribution in [2.75, 3.05) is 19.6 Å². The van der Waals surface area contributed by atoms with Crippen LogP contribution in [0.1, 0.15) is 33.9 Å². The normalized spacial score (nSPS) is 24.2. The molecule has 1 amide bonds. The average Bonchev–Trinajstić information content (AvgIpc) is 3.52. The Morgan fingerprint density at radius 1 is 1.21 bits per heavy atom. The molecular weight excluding hydrogens is 382 g/mol. The molecule has 150 valence electrons. The summed E-state index contributed by atoms with van der Waals surface area (Å²) in [4.78, 5) is 22.4. The summed E-state index contributed by atoms with van der Waals surface area (Å²) in [6.07, 6.45) is 5.45. The number of aryl methyl sites for hydroxylation is 1. The summed E-state index contributed by atoms with van der Waals surface area (Å²) in [5.74, 6) is 1.03. The fraction of sp³-hybridized carbons (Fsp3) is 0.409. The zero-order valence-corrected chi connectivity index (χ0v) is 17.3. The van der Waals surface area contributed by atoms with Crippen LogP contribution < -0.4 is 0 Å². The number of carbonyl (C=O) groups is 1. The minimum atomic E-state index is 0.0967. The molecule has 29 heavy (non-hydrogen) atoms. The van der Waals surface area contributed by atoms with Crippen LogP contribution in [0.25, 0.3) is 0 Å². The predicted octanol–water partition coefficient (Wildman–Crippen LogP) is 3.30. The molecule has 2 aliphatic heterocycles. The molecule has 0 unspecified atom stereocenters. The van der Waals surface area contributed by atoms with E-state index in [2.05, 4.69) is 44.1 Å². The first-order chi connectivity index (χ1) is 14.2. The van der Waals surface area contributed by atoms with Gasteiger partial charge in [0.05, 0.1) is 24.3 Å². The largest absolute Gasteiger partial charge is 0.331 e. The number of thiazole rings is 1. The van der Waals surface area contributed by atoms with E-state index in [0.717, 1.165) is 32.7 Å². The van der Waals surface area contributed by atoms with Crippen LogP contribution >= 0.6 is 11.3 Å². The van der Waals surface area contributed by atoms with Gasteiger partial charge in [-0.25, -0.2) is 4.98 Å². The Kier molecular flexibility index (Phi) is 4.93. The van der Waals surface area contributed by atoms with Gasteiger partial charge in [-0.15, -0.1) is 11.3 Å². The highest BCUT2D eigenvalue weighted by Gasteiger charge is 2.49. The van der Waals surface area contributed by atoms with E-state index < -0.39 is 0 Å². The van der Waals surface area contributed by atoms with Crippen LogP contribution in [-0.4, -0.2) is 50.1 Å². The summed E-state index contributed by atoms with van der Waals surface area (Å²) in [6.45, 7) is 6.53.